The van der Waals surface area contributed by atoms with Crippen LogP contribution < -0.4 is 5.73 Å². The van der Waals surface area contributed by atoms with Crippen molar-refractivity contribution in [2.45, 2.75) is 20.4 Å². The number of rotatable bonds is 2. The summed E-state index contributed by atoms with van der Waals surface area (Å²) in [6.07, 6.45) is 0. The van der Waals surface area contributed by atoms with E-state index in [-0.39, 0.29) is 0 Å². The summed E-state index contributed by atoms with van der Waals surface area (Å²) in [6, 6.07) is 6.02. The van der Waals surface area contributed by atoms with Gasteiger partial charge in [-0.05, 0) is 24.0 Å². The number of halogens is 1. The van der Waals surface area contributed by atoms with Crippen LogP contribution >= 0.6 is 15.9 Å². The molecule has 0 amide bonds. The molecule has 3 heteroatoms. The molecule has 1 heterocycles. The average Bonchev–Trinajstić information content (AvgIpc) is 2.53. The summed E-state index contributed by atoms with van der Waals surface area (Å²) in [5.41, 5.74) is 8.13. The molecule has 1 aliphatic heterocycles. The fraction of sp³-hybridized carbons (Fsp3) is 0.538. The molecule has 1 aromatic rings. The van der Waals surface area contributed by atoms with Crippen molar-refractivity contribution < 1.29 is 0 Å². The summed E-state index contributed by atoms with van der Waals surface area (Å²) in [5, 5.41) is 0. The predicted octanol–water partition coefficient (Wildman–Crippen LogP) is 3.12. The van der Waals surface area contributed by atoms with Crippen LogP contribution in [0.15, 0.2) is 22.7 Å². The van der Waals surface area contributed by atoms with E-state index in [0.29, 0.717) is 0 Å². The maximum absolute atomic E-state index is 6.01. The van der Waals surface area contributed by atoms with Crippen molar-refractivity contribution in [1.82, 2.24) is 4.90 Å². The Morgan fingerprint density at radius 3 is 2.50 bits per heavy atom. The SMILES string of the molecule is CC1CN(Cc2c(N)cccc2Br)CC1C. The van der Waals surface area contributed by atoms with Gasteiger partial charge in [0, 0.05) is 35.4 Å². The van der Waals surface area contributed by atoms with Gasteiger partial charge < -0.3 is 5.73 Å². The lowest BCUT2D eigenvalue weighted by molar-refractivity contribution is 0.316. The highest BCUT2D eigenvalue weighted by Gasteiger charge is 2.26. The van der Waals surface area contributed by atoms with Crippen molar-refractivity contribution in [1.29, 1.82) is 0 Å². The fourth-order valence-corrected chi connectivity index (χ4v) is 2.85. The van der Waals surface area contributed by atoms with E-state index < -0.39 is 0 Å². The summed E-state index contributed by atoms with van der Waals surface area (Å²) in [4.78, 5) is 2.49. The Hall–Kier alpha value is -0.540. The van der Waals surface area contributed by atoms with Crippen LogP contribution in [0, 0.1) is 11.8 Å². The van der Waals surface area contributed by atoms with Crippen molar-refractivity contribution in [2.75, 3.05) is 18.8 Å². The summed E-state index contributed by atoms with van der Waals surface area (Å²) in [7, 11) is 0. The number of nitrogens with zero attached hydrogens (tertiary/aromatic N) is 1. The van der Waals surface area contributed by atoms with Gasteiger partial charge in [-0.15, -0.1) is 0 Å². The van der Waals surface area contributed by atoms with Gasteiger partial charge in [-0.2, -0.15) is 0 Å². The molecule has 1 aliphatic rings. The van der Waals surface area contributed by atoms with Crippen molar-refractivity contribution in [2.24, 2.45) is 11.8 Å². The lowest BCUT2D eigenvalue weighted by Gasteiger charge is -2.17. The van der Waals surface area contributed by atoms with Crippen LogP contribution in [0.3, 0.4) is 0 Å². The molecule has 2 rings (SSSR count). The van der Waals surface area contributed by atoms with Gasteiger partial charge in [0.2, 0.25) is 0 Å². The lowest BCUT2D eigenvalue weighted by Crippen LogP contribution is -2.21. The monoisotopic (exact) mass is 282 g/mol. The summed E-state index contributed by atoms with van der Waals surface area (Å²) in [6.45, 7) is 7.98. The molecular formula is C13H19BrN2. The van der Waals surface area contributed by atoms with Gasteiger partial charge in [-0.25, -0.2) is 0 Å². The van der Waals surface area contributed by atoms with Gasteiger partial charge >= 0.3 is 0 Å². The van der Waals surface area contributed by atoms with E-state index in [1.54, 1.807) is 0 Å². The molecule has 0 radical (unpaired) electrons. The van der Waals surface area contributed by atoms with E-state index >= 15 is 0 Å². The first kappa shape index (κ1) is 11.9. The van der Waals surface area contributed by atoms with Crippen LogP contribution in [-0.4, -0.2) is 18.0 Å². The number of nitrogen functional groups attached to an aromatic ring is 1. The molecule has 88 valence electrons. The molecular weight excluding hydrogens is 264 g/mol. The third kappa shape index (κ3) is 2.41. The summed E-state index contributed by atoms with van der Waals surface area (Å²) in [5.74, 6) is 1.59. The molecule has 1 aromatic carbocycles. The third-order valence-electron chi connectivity index (χ3n) is 3.60. The lowest BCUT2D eigenvalue weighted by atomic mass is 10.0. The zero-order chi connectivity index (χ0) is 11.7. The van der Waals surface area contributed by atoms with Gasteiger partial charge in [0.15, 0.2) is 0 Å². The number of hydrogen-bond donors (Lipinski definition) is 1. The second-order valence-corrected chi connectivity index (χ2v) is 5.81. The highest BCUT2D eigenvalue weighted by molar-refractivity contribution is 9.10. The van der Waals surface area contributed by atoms with Crippen LogP contribution in [0.1, 0.15) is 19.4 Å². The molecule has 0 saturated carbocycles. The van der Waals surface area contributed by atoms with Gasteiger partial charge in [0.1, 0.15) is 0 Å². The van der Waals surface area contributed by atoms with Crippen molar-refractivity contribution in [3.8, 4) is 0 Å². The number of hydrogen-bond acceptors (Lipinski definition) is 2. The quantitative estimate of drug-likeness (QED) is 0.845. The average molecular weight is 283 g/mol. The normalized spacial score (nSPS) is 26.2. The highest BCUT2D eigenvalue weighted by atomic mass is 79.9. The van der Waals surface area contributed by atoms with Crippen LogP contribution in [0.5, 0.6) is 0 Å². The van der Waals surface area contributed by atoms with Crippen LogP contribution in [0.2, 0.25) is 0 Å². The Kier molecular flexibility index (Phi) is 3.55. The first-order chi connectivity index (χ1) is 7.58. The highest BCUT2D eigenvalue weighted by Crippen LogP contribution is 2.28. The van der Waals surface area contributed by atoms with E-state index in [1.165, 1.54) is 18.7 Å². The fourth-order valence-electron chi connectivity index (χ4n) is 2.34. The first-order valence-electron chi connectivity index (χ1n) is 5.83. The maximum Gasteiger partial charge on any atom is 0.0371 e. The Labute approximate surface area is 106 Å². The zero-order valence-corrected chi connectivity index (χ0v) is 11.5. The molecule has 0 bridgehead atoms. The van der Waals surface area contributed by atoms with Gasteiger partial charge in [0.25, 0.3) is 0 Å². The first-order valence-corrected chi connectivity index (χ1v) is 6.62. The van der Waals surface area contributed by atoms with Crippen molar-refractivity contribution >= 4 is 21.6 Å². The van der Waals surface area contributed by atoms with Crippen LogP contribution in [0.4, 0.5) is 5.69 Å². The molecule has 2 unspecified atom stereocenters. The Bertz CT molecular complexity index is 348. The molecule has 1 saturated heterocycles. The maximum atomic E-state index is 6.01. The standard InChI is InChI=1S/C13H19BrN2/c1-9-6-16(7-10(9)2)8-11-12(14)4-3-5-13(11)15/h3-5,9-10H,6-8,15H2,1-2H3. The van der Waals surface area contributed by atoms with Gasteiger partial charge in [-0.1, -0.05) is 35.8 Å². The molecule has 0 aromatic heterocycles. The Balaban J connectivity index is 2.10. The largest absolute Gasteiger partial charge is 0.398 e. The molecule has 2 nitrogen and oxygen atoms in total. The molecule has 16 heavy (non-hydrogen) atoms. The third-order valence-corrected chi connectivity index (χ3v) is 4.34. The van der Waals surface area contributed by atoms with E-state index in [4.69, 9.17) is 5.73 Å². The summed E-state index contributed by atoms with van der Waals surface area (Å²) < 4.78 is 1.12. The minimum absolute atomic E-state index is 0.795. The second-order valence-electron chi connectivity index (χ2n) is 4.96. The van der Waals surface area contributed by atoms with Gasteiger partial charge in [-0.3, -0.25) is 4.90 Å². The van der Waals surface area contributed by atoms with E-state index in [9.17, 15) is 0 Å². The number of likely N-dealkylation sites (tertiary alicyclic amines) is 1. The molecule has 2 N–H and O–H groups in total. The molecule has 0 aliphatic carbocycles. The predicted molar refractivity (Wildman–Crippen MR) is 72.2 cm³/mol. The van der Waals surface area contributed by atoms with Crippen LogP contribution in [-0.2, 0) is 6.54 Å². The molecule has 2 atom stereocenters. The van der Waals surface area contributed by atoms with Crippen molar-refractivity contribution in [3.63, 3.8) is 0 Å². The molecule has 0 spiro atoms. The smallest absolute Gasteiger partial charge is 0.0371 e. The number of nitrogens with two attached hydrogens (primary N) is 1. The minimum atomic E-state index is 0.795. The number of benzene rings is 1. The topological polar surface area (TPSA) is 29.3 Å². The van der Waals surface area contributed by atoms with E-state index in [1.807, 2.05) is 12.1 Å². The number of anilines is 1. The van der Waals surface area contributed by atoms with Gasteiger partial charge in [0.05, 0.1) is 0 Å². The van der Waals surface area contributed by atoms with Crippen molar-refractivity contribution in [3.05, 3.63) is 28.2 Å². The minimum Gasteiger partial charge on any atom is -0.398 e. The van der Waals surface area contributed by atoms with E-state index in [2.05, 4.69) is 40.7 Å². The van der Waals surface area contributed by atoms with E-state index in [0.717, 1.165) is 28.5 Å². The second kappa shape index (κ2) is 4.76. The summed E-state index contributed by atoms with van der Waals surface area (Å²) >= 11 is 3.58. The Morgan fingerprint density at radius 1 is 1.31 bits per heavy atom. The Morgan fingerprint density at radius 2 is 1.94 bits per heavy atom. The van der Waals surface area contributed by atoms with Crippen LogP contribution in [0.25, 0.3) is 0 Å². The zero-order valence-electron chi connectivity index (χ0n) is 9.91. The molecule has 1 fully saturated rings.